The number of halogens is 1. The summed E-state index contributed by atoms with van der Waals surface area (Å²) in [7, 11) is 1.40. The van der Waals surface area contributed by atoms with Crippen molar-refractivity contribution in [2.75, 3.05) is 26.0 Å². The summed E-state index contributed by atoms with van der Waals surface area (Å²) in [5.74, 6) is 0.00451. The van der Waals surface area contributed by atoms with E-state index in [-0.39, 0.29) is 23.5 Å². The van der Waals surface area contributed by atoms with E-state index in [4.69, 9.17) is 16.3 Å². The minimum Gasteiger partial charge on any atom is -0.469 e. The van der Waals surface area contributed by atoms with Gasteiger partial charge in [-0.2, -0.15) is 0 Å². The molecule has 8 heteroatoms. The molecule has 0 unspecified atom stereocenters. The Bertz CT molecular complexity index is 1090. The average molecular weight is 470 g/mol. The molecule has 3 aromatic rings. The lowest BCUT2D eigenvalue weighted by atomic mass is 9.97. The summed E-state index contributed by atoms with van der Waals surface area (Å²) >= 11 is 7.65. The summed E-state index contributed by atoms with van der Waals surface area (Å²) in [6.07, 6.45) is 3.10. The lowest BCUT2D eigenvalue weighted by Crippen LogP contribution is -2.41. The molecule has 2 heterocycles. The Morgan fingerprint density at radius 2 is 1.88 bits per heavy atom. The molecule has 0 N–H and O–H groups in total. The van der Waals surface area contributed by atoms with Crippen molar-refractivity contribution in [2.45, 2.75) is 18.0 Å². The van der Waals surface area contributed by atoms with E-state index >= 15 is 0 Å². The van der Waals surface area contributed by atoms with Gasteiger partial charge in [-0.15, -0.1) is 0 Å². The maximum atomic E-state index is 12.8. The van der Waals surface area contributed by atoms with Gasteiger partial charge in [-0.25, -0.2) is 4.98 Å². The summed E-state index contributed by atoms with van der Waals surface area (Å²) in [4.78, 5) is 31.0. The van der Waals surface area contributed by atoms with E-state index in [0.29, 0.717) is 31.0 Å². The van der Waals surface area contributed by atoms with E-state index in [2.05, 4.69) is 4.98 Å². The number of thioether (sulfide) groups is 1. The van der Waals surface area contributed by atoms with Gasteiger partial charge in [0.2, 0.25) is 5.91 Å². The number of benzene rings is 2. The molecule has 0 aliphatic carbocycles. The molecule has 2 aromatic carbocycles. The van der Waals surface area contributed by atoms with Gasteiger partial charge in [-0.3, -0.25) is 14.2 Å². The monoisotopic (exact) mass is 469 g/mol. The van der Waals surface area contributed by atoms with Crippen molar-refractivity contribution in [2.24, 2.45) is 5.92 Å². The van der Waals surface area contributed by atoms with Gasteiger partial charge in [0.1, 0.15) is 0 Å². The highest BCUT2D eigenvalue weighted by Gasteiger charge is 2.28. The van der Waals surface area contributed by atoms with Crippen LogP contribution in [0.15, 0.2) is 66.0 Å². The van der Waals surface area contributed by atoms with Crippen LogP contribution in [0.1, 0.15) is 12.8 Å². The minimum atomic E-state index is -0.191. The molecule has 0 radical (unpaired) electrons. The van der Waals surface area contributed by atoms with E-state index in [9.17, 15) is 9.59 Å². The van der Waals surface area contributed by atoms with Crippen LogP contribution in [-0.2, 0) is 14.3 Å². The molecule has 1 aliphatic rings. The maximum absolute atomic E-state index is 12.8. The SMILES string of the molecule is COC(=O)C1CCN(C(=O)CSc2ncc(-c3ccccc3)n2-c2cccc(Cl)c2)CC1. The van der Waals surface area contributed by atoms with Crippen LogP contribution < -0.4 is 0 Å². The summed E-state index contributed by atoms with van der Waals surface area (Å²) < 4.78 is 6.86. The Kier molecular flexibility index (Phi) is 7.17. The van der Waals surface area contributed by atoms with E-state index in [1.807, 2.05) is 70.3 Å². The second-order valence-electron chi connectivity index (χ2n) is 7.57. The first-order chi connectivity index (χ1) is 15.6. The number of ether oxygens (including phenoxy) is 1. The number of esters is 1. The van der Waals surface area contributed by atoms with Crippen molar-refractivity contribution in [1.82, 2.24) is 14.5 Å². The molecule has 32 heavy (non-hydrogen) atoms. The molecule has 0 atom stereocenters. The Labute approximate surface area is 196 Å². The van der Waals surface area contributed by atoms with Gasteiger partial charge in [-0.05, 0) is 31.0 Å². The molecule has 166 valence electrons. The number of aromatic nitrogens is 2. The van der Waals surface area contributed by atoms with Crippen LogP contribution in [0.3, 0.4) is 0 Å². The Morgan fingerprint density at radius 3 is 2.56 bits per heavy atom. The van der Waals surface area contributed by atoms with Gasteiger partial charge in [0, 0.05) is 29.4 Å². The number of likely N-dealkylation sites (tertiary alicyclic amines) is 1. The number of carbonyl (C=O) groups excluding carboxylic acids is 2. The second-order valence-corrected chi connectivity index (χ2v) is 8.95. The van der Waals surface area contributed by atoms with Gasteiger partial charge in [0.25, 0.3) is 0 Å². The van der Waals surface area contributed by atoms with Crippen molar-refractivity contribution in [3.63, 3.8) is 0 Å². The lowest BCUT2D eigenvalue weighted by molar-refractivity contribution is -0.148. The molecule has 1 saturated heterocycles. The average Bonchev–Trinajstić information content (AvgIpc) is 3.26. The molecule has 6 nitrogen and oxygen atoms in total. The Balaban J connectivity index is 1.51. The van der Waals surface area contributed by atoms with Crippen LogP contribution >= 0.6 is 23.4 Å². The number of nitrogens with zero attached hydrogens (tertiary/aromatic N) is 3. The van der Waals surface area contributed by atoms with Gasteiger partial charge < -0.3 is 9.64 Å². The van der Waals surface area contributed by atoms with Crippen LogP contribution in [-0.4, -0.2) is 52.3 Å². The van der Waals surface area contributed by atoms with E-state index in [1.54, 1.807) is 0 Å². The Morgan fingerprint density at radius 1 is 1.12 bits per heavy atom. The zero-order chi connectivity index (χ0) is 22.5. The third-order valence-corrected chi connectivity index (χ3v) is 6.74. The topological polar surface area (TPSA) is 64.4 Å². The summed E-state index contributed by atoms with van der Waals surface area (Å²) in [6, 6.07) is 17.6. The molecule has 1 aromatic heterocycles. The molecule has 1 aliphatic heterocycles. The quantitative estimate of drug-likeness (QED) is 0.387. The van der Waals surface area contributed by atoms with Crippen LogP contribution in [0.5, 0.6) is 0 Å². The standard InChI is InChI=1S/C24H24ClN3O3S/c1-31-23(30)18-10-12-27(13-11-18)22(29)16-32-24-26-15-21(17-6-3-2-4-7-17)28(24)20-9-5-8-19(25)14-20/h2-9,14-15,18H,10-13,16H2,1H3. The van der Waals surface area contributed by atoms with Crippen molar-refractivity contribution < 1.29 is 14.3 Å². The molecular formula is C24H24ClN3O3S. The fraction of sp³-hybridized carbons (Fsp3) is 0.292. The number of piperidine rings is 1. The molecule has 0 spiro atoms. The number of rotatable bonds is 6. The largest absolute Gasteiger partial charge is 0.469 e. The van der Waals surface area contributed by atoms with E-state index in [0.717, 1.165) is 22.1 Å². The summed E-state index contributed by atoms with van der Waals surface area (Å²) in [6.45, 7) is 1.13. The van der Waals surface area contributed by atoms with E-state index < -0.39 is 0 Å². The highest BCUT2D eigenvalue weighted by atomic mass is 35.5. The van der Waals surface area contributed by atoms with Crippen LogP contribution in [0, 0.1) is 5.92 Å². The molecule has 0 bridgehead atoms. The fourth-order valence-electron chi connectivity index (χ4n) is 3.86. The minimum absolute atomic E-state index is 0.0419. The third-order valence-electron chi connectivity index (χ3n) is 5.57. The van der Waals surface area contributed by atoms with Crippen LogP contribution in [0.4, 0.5) is 0 Å². The number of imidazole rings is 1. The second kappa shape index (κ2) is 10.2. The summed E-state index contributed by atoms with van der Waals surface area (Å²) in [5.41, 5.74) is 2.85. The maximum Gasteiger partial charge on any atom is 0.308 e. The van der Waals surface area contributed by atoms with Crippen molar-refractivity contribution in [3.8, 4) is 16.9 Å². The van der Waals surface area contributed by atoms with Crippen molar-refractivity contribution in [3.05, 3.63) is 65.8 Å². The van der Waals surface area contributed by atoms with E-state index in [1.165, 1.54) is 18.9 Å². The molecule has 1 amide bonds. The van der Waals surface area contributed by atoms with Gasteiger partial charge in [0.05, 0.1) is 30.7 Å². The number of carbonyl (C=O) groups is 2. The number of hydrogen-bond donors (Lipinski definition) is 0. The zero-order valence-corrected chi connectivity index (χ0v) is 19.3. The van der Waals surface area contributed by atoms with Crippen LogP contribution in [0.2, 0.25) is 5.02 Å². The highest BCUT2D eigenvalue weighted by Crippen LogP contribution is 2.31. The molecule has 1 fully saturated rings. The highest BCUT2D eigenvalue weighted by molar-refractivity contribution is 7.99. The first-order valence-electron chi connectivity index (χ1n) is 10.4. The first kappa shape index (κ1) is 22.4. The number of methoxy groups -OCH3 is 1. The van der Waals surface area contributed by atoms with Crippen LogP contribution in [0.25, 0.3) is 16.9 Å². The van der Waals surface area contributed by atoms with Gasteiger partial charge in [-0.1, -0.05) is 59.8 Å². The fourth-order valence-corrected chi connectivity index (χ4v) is 4.94. The van der Waals surface area contributed by atoms with Crippen molar-refractivity contribution >= 4 is 35.2 Å². The van der Waals surface area contributed by atoms with Gasteiger partial charge in [0.15, 0.2) is 5.16 Å². The van der Waals surface area contributed by atoms with Crippen molar-refractivity contribution in [1.29, 1.82) is 0 Å². The predicted molar refractivity (Wildman–Crippen MR) is 126 cm³/mol. The molecule has 0 saturated carbocycles. The summed E-state index contributed by atoms with van der Waals surface area (Å²) in [5, 5.41) is 1.36. The van der Waals surface area contributed by atoms with Gasteiger partial charge >= 0.3 is 5.97 Å². The normalized spacial score (nSPS) is 14.4. The number of hydrogen-bond acceptors (Lipinski definition) is 5. The smallest absolute Gasteiger partial charge is 0.308 e. The molecular weight excluding hydrogens is 446 g/mol. The third kappa shape index (κ3) is 5.00. The lowest BCUT2D eigenvalue weighted by Gasteiger charge is -2.30. The zero-order valence-electron chi connectivity index (χ0n) is 17.7. The molecule has 4 rings (SSSR count). The Hall–Kier alpha value is -2.77. The first-order valence-corrected chi connectivity index (χ1v) is 11.8. The number of amides is 1. The predicted octanol–water partition coefficient (Wildman–Crippen LogP) is 4.70.